The molecule has 0 aliphatic carbocycles. The molecule has 0 fully saturated rings. The molecule has 29 heavy (non-hydrogen) atoms. The molecule has 0 bridgehead atoms. The predicted octanol–water partition coefficient (Wildman–Crippen LogP) is 4.68. The summed E-state index contributed by atoms with van der Waals surface area (Å²) in [6.07, 6.45) is 0.963. The molecule has 0 aliphatic heterocycles. The van der Waals surface area contributed by atoms with Gasteiger partial charge in [-0.15, -0.1) is 11.3 Å². The molecule has 0 saturated carbocycles. The van der Waals surface area contributed by atoms with E-state index in [9.17, 15) is 18.0 Å². The Morgan fingerprint density at radius 1 is 1.03 bits per heavy atom. The minimum atomic E-state index is -1.06. The van der Waals surface area contributed by atoms with E-state index in [1.165, 1.54) is 15.9 Å². The molecule has 0 radical (unpaired) electrons. The Labute approximate surface area is 167 Å². The van der Waals surface area contributed by atoms with Gasteiger partial charge in [-0.3, -0.25) is 4.79 Å². The smallest absolute Gasteiger partial charge is 0.310 e. The Morgan fingerprint density at radius 3 is 2.48 bits per heavy atom. The van der Waals surface area contributed by atoms with Crippen molar-refractivity contribution in [1.29, 1.82) is 0 Å². The summed E-state index contributed by atoms with van der Waals surface area (Å²) in [5.74, 6) is -2.49. The van der Waals surface area contributed by atoms with Gasteiger partial charge in [0.1, 0.15) is 11.6 Å². The van der Waals surface area contributed by atoms with E-state index < -0.39 is 23.0 Å². The lowest BCUT2D eigenvalue weighted by Gasteiger charge is -2.15. The molecule has 1 N–H and O–H groups in total. The van der Waals surface area contributed by atoms with Gasteiger partial charge < -0.3 is 9.88 Å². The zero-order chi connectivity index (χ0) is 20.7. The number of benzene rings is 2. The number of hydrogen-bond acceptors (Lipinski definition) is 5. The van der Waals surface area contributed by atoms with Crippen LogP contribution >= 0.6 is 11.3 Å². The molecule has 0 unspecified atom stereocenters. The molecule has 0 amide bonds. The van der Waals surface area contributed by atoms with E-state index in [1.807, 2.05) is 26.0 Å². The number of fused-ring (bicyclic) bond motifs is 1. The van der Waals surface area contributed by atoms with Crippen molar-refractivity contribution in [2.24, 2.45) is 0 Å². The topological polar surface area (TPSA) is 59.8 Å². The number of aryl methyl sites for hydroxylation is 2. The number of hydrogen-bond donors (Lipinski definition) is 1. The van der Waals surface area contributed by atoms with Gasteiger partial charge in [0.05, 0.1) is 21.8 Å². The van der Waals surface area contributed by atoms with E-state index in [1.54, 1.807) is 0 Å². The van der Waals surface area contributed by atoms with Gasteiger partial charge in [0.15, 0.2) is 0 Å². The van der Waals surface area contributed by atoms with E-state index in [0.29, 0.717) is 5.69 Å². The van der Waals surface area contributed by atoms with Crippen molar-refractivity contribution in [2.45, 2.75) is 20.4 Å². The molecule has 2 aromatic carbocycles. The fourth-order valence-electron chi connectivity index (χ4n) is 3.03. The molecule has 9 heteroatoms. The second-order valence-electron chi connectivity index (χ2n) is 6.62. The number of halogens is 3. The first-order valence-electron chi connectivity index (χ1n) is 8.65. The standard InChI is InChI=1S/C20H15F3N4OS/c1-10-3-17-18(29-11(2)24-17)7-16(10)25-20-26-19(28)15(23)9-27(20)8-12-4-13(21)6-14(22)5-12/h3-7,9H,8H2,1-2H3,(H,25,26,28). The lowest BCUT2D eigenvalue weighted by atomic mass is 10.2. The van der Waals surface area contributed by atoms with Crippen molar-refractivity contribution in [3.05, 3.63) is 80.5 Å². The van der Waals surface area contributed by atoms with Crippen LogP contribution in [-0.2, 0) is 6.54 Å². The number of aromatic nitrogens is 3. The fraction of sp³-hybridized carbons (Fsp3) is 0.150. The molecular formula is C20H15F3N4OS. The first-order valence-corrected chi connectivity index (χ1v) is 9.47. The van der Waals surface area contributed by atoms with E-state index in [4.69, 9.17) is 0 Å². The molecule has 4 rings (SSSR count). The molecule has 2 heterocycles. The van der Waals surface area contributed by atoms with Crippen LogP contribution in [0.2, 0.25) is 0 Å². The summed E-state index contributed by atoms with van der Waals surface area (Å²) in [5, 5.41) is 3.95. The Balaban J connectivity index is 1.76. The Bertz CT molecular complexity index is 1280. The summed E-state index contributed by atoms with van der Waals surface area (Å²) in [4.78, 5) is 20.0. The van der Waals surface area contributed by atoms with Crippen LogP contribution in [0.25, 0.3) is 10.2 Å². The van der Waals surface area contributed by atoms with Gasteiger partial charge in [-0.1, -0.05) is 0 Å². The van der Waals surface area contributed by atoms with Crippen molar-refractivity contribution in [3.63, 3.8) is 0 Å². The highest BCUT2D eigenvalue weighted by Crippen LogP contribution is 2.29. The van der Waals surface area contributed by atoms with Crippen LogP contribution in [0.4, 0.5) is 24.8 Å². The third-order valence-corrected chi connectivity index (χ3v) is 5.25. The minimum Gasteiger partial charge on any atom is -0.325 e. The molecule has 0 atom stereocenters. The Morgan fingerprint density at radius 2 is 1.76 bits per heavy atom. The quantitative estimate of drug-likeness (QED) is 0.525. The number of nitrogens with zero attached hydrogens (tertiary/aromatic N) is 3. The average Bonchev–Trinajstić information content (AvgIpc) is 2.97. The van der Waals surface area contributed by atoms with Crippen molar-refractivity contribution < 1.29 is 13.2 Å². The highest BCUT2D eigenvalue weighted by atomic mass is 32.1. The Hall–Kier alpha value is -3.20. The van der Waals surface area contributed by atoms with E-state index >= 15 is 0 Å². The third kappa shape index (κ3) is 4.00. The van der Waals surface area contributed by atoms with Gasteiger partial charge in [0.2, 0.25) is 11.8 Å². The molecular weight excluding hydrogens is 401 g/mol. The summed E-state index contributed by atoms with van der Waals surface area (Å²) >= 11 is 1.52. The summed E-state index contributed by atoms with van der Waals surface area (Å²) in [5.41, 5.74) is 1.61. The molecule has 2 aromatic heterocycles. The highest BCUT2D eigenvalue weighted by molar-refractivity contribution is 7.18. The van der Waals surface area contributed by atoms with Crippen LogP contribution in [0, 0.1) is 31.3 Å². The van der Waals surface area contributed by atoms with Gasteiger partial charge >= 0.3 is 5.56 Å². The fourth-order valence-corrected chi connectivity index (χ4v) is 3.88. The Kier molecular flexibility index (Phi) is 4.83. The van der Waals surface area contributed by atoms with Crippen molar-refractivity contribution in [3.8, 4) is 0 Å². The zero-order valence-corrected chi connectivity index (χ0v) is 16.3. The number of anilines is 2. The third-order valence-electron chi connectivity index (χ3n) is 4.32. The second kappa shape index (κ2) is 7.32. The zero-order valence-electron chi connectivity index (χ0n) is 15.5. The minimum absolute atomic E-state index is 0.0600. The molecule has 0 aliphatic rings. The van der Waals surface area contributed by atoms with Gasteiger partial charge in [0, 0.05) is 18.0 Å². The van der Waals surface area contributed by atoms with Gasteiger partial charge in [-0.2, -0.15) is 9.37 Å². The lowest BCUT2D eigenvalue weighted by molar-refractivity contribution is 0.568. The van der Waals surface area contributed by atoms with Crippen molar-refractivity contribution in [2.75, 3.05) is 5.32 Å². The van der Waals surface area contributed by atoms with Crippen molar-refractivity contribution >= 4 is 33.2 Å². The normalized spacial score (nSPS) is 11.2. The van der Waals surface area contributed by atoms with Crippen LogP contribution in [0.15, 0.2) is 41.3 Å². The van der Waals surface area contributed by atoms with Crippen LogP contribution in [0.5, 0.6) is 0 Å². The largest absolute Gasteiger partial charge is 0.325 e. The summed E-state index contributed by atoms with van der Waals surface area (Å²) < 4.78 is 43.1. The van der Waals surface area contributed by atoms with E-state index in [-0.39, 0.29) is 18.1 Å². The molecule has 0 spiro atoms. The maximum absolute atomic E-state index is 13.9. The number of rotatable bonds is 4. The van der Waals surface area contributed by atoms with Gasteiger partial charge in [0.25, 0.3) is 0 Å². The van der Waals surface area contributed by atoms with E-state index in [2.05, 4.69) is 15.3 Å². The predicted molar refractivity (Wildman–Crippen MR) is 106 cm³/mol. The SMILES string of the molecule is Cc1nc2cc(C)c(Nc3nc(=O)c(F)cn3Cc3cc(F)cc(F)c3)cc2s1. The maximum Gasteiger partial charge on any atom is 0.310 e. The highest BCUT2D eigenvalue weighted by Gasteiger charge is 2.13. The van der Waals surface area contributed by atoms with E-state index in [0.717, 1.165) is 45.2 Å². The average molecular weight is 416 g/mol. The maximum atomic E-state index is 13.9. The van der Waals surface area contributed by atoms with Crippen molar-refractivity contribution in [1.82, 2.24) is 14.5 Å². The summed E-state index contributed by atoms with van der Waals surface area (Å²) in [7, 11) is 0. The van der Waals surface area contributed by atoms with Crippen LogP contribution < -0.4 is 10.9 Å². The number of nitrogens with one attached hydrogen (secondary N) is 1. The molecule has 5 nitrogen and oxygen atoms in total. The van der Waals surface area contributed by atoms with Gasteiger partial charge in [-0.25, -0.2) is 13.8 Å². The summed E-state index contributed by atoms with van der Waals surface area (Å²) in [6.45, 7) is 3.69. The molecule has 4 aromatic rings. The monoisotopic (exact) mass is 416 g/mol. The second-order valence-corrected chi connectivity index (χ2v) is 7.85. The molecule has 148 valence electrons. The molecule has 0 saturated heterocycles. The first kappa shape index (κ1) is 19.1. The van der Waals surface area contributed by atoms with Crippen LogP contribution in [-0.4, -0.2) is 14.5 Å². The summed E-state index contributed by atoms with van der Waals surface area (Å²) in [6, 6.07) is 6.80. The van der Waals surface area contributed by atoms with Gasteiger partial charge in [-0.05, 0) is 49.2 Å². The lowest BCUT2D eigenvalue weighted by Crippen LogP contribution is -2.20. The van der Waals surface area contributed by atoms with Crippen LogP contribution in [0.3, 0.4) is 0 Å². The van der Waals surface area contributed by atoms with Crippen LogP contribution in [0.1, 0.15) is 16.1 Å². The first-order chi connectivity index (χ1) is 13.8. The number of thiazole rings is 1.